The number of ether oxygens (including phenoxy) is 1. The third-order valence-electron chi connectivity index (χ3n) is 6.17. The lowest BCUT2D eigenvalue weighted by molar-refractivity contribution is 0.306. The van der Waals surface area contributed by atoms with Crippen molar-refractivity contribution in [2.24, 2.45) is 5.73 Å². The van der Waals surface area contributed by atoms with Crippen molar-refractivity contribution in [3.8, 4) is 16.9 Å². The number of anilines is 1. The lowest BCUT2D eigenvalue weighted by atomic mass is 9.92. The molecule has 4 N–H and O–H groups in total. The van der Waals surface area contributed by atoms with Crippen molar-refractivity contribution in [1.82, 2.24) is 14.5 Å². The minimum absolute atomic E-state index is 0.302. The monoisotopic (exact) mass is 413 g/mol. The van der Waals surface area contributed by atoms with E-state index in [1.807, 2.05) is 30.3 Å². The third kappa shape index (κ3) is 3.99. The van der Waals surface area contributed by atoms with Gasteiger partial charge in [0, 0.05) is 23.8 Å². The molecule has 0 saturated heterocycles. The molecule has 6 heteroatoms. The average molecular weight is 414 g/mol. The zero-order chi connectivity index (χ0) is 21.2. The van der Waals surface area contributed by atoms with Crippen molar-refractivity contribution < 1.29 is 4.74 Å². The first-order valence-corrected chi connectivity index (χ1v) is 10.8. The summed E-state index contributed by atoms with van der Waals surface area (Å²) in [5, 5.41) is 0.901. The number of hydrogen-bond donors (Lipinski definition) is 2. The summed E-state index contributed by atoms with van der Waals surface area (Å²) >= 11 is 0. The van der Waals surface area contributed by atoms with Crippen molar-refractivity contribution in [2.75, 3.05) is 5.73 Å². The molecule has 1 fully saturated rings. The molecule has 2 aromatic heterocycles. The van der Waals surface area contributed by atoms with E-state index in [1.54, 1.807) is 6.33 Å². The second-order valence-corrected chi connectivity index (χ2v) is 8.28. The van der Waals surface area contributed by atoms with E-state index in [0.29, 0.717) is 24.5 Å². The van der Waals surface area contributed by atoms with Crippen molar-refractivity contribution in [1.29, 1.82) is 0 Å². The van der Waals surface area contributed by atoms with Gasteiger partial charge in [-0.1, -0.05) is 42.5 Å². The lowest BCUT2D eigenvalue weighted by Crippen LogP contribution is -2.27. The molecule has 0 radical (unpaired) electrons. The van der Waals surface area contributed by atoms with Crippen LogP contribution in [0.4, 0.5) is 5.82 Å². The minimum Gasteiger partial charge on any atom is -0.489 e. The first kappa shape index (κ1) is 19.6. The van der Waals surface area contributed by atoms with Gasteiger partial charge in [-0.15, -0.1) is 0 Å². The fourth-order valence-corrected chi connectivity index (χ4v) is 4.48. The van der Waals surface area contributed by atoms with E-state index in [4.69, 9.17) is 16.2 Å². The van der Waals surface area contributed by atoms with Gasteiger partial charge in [0.25, 0.3) is 0 Å². The Morgan fingerprint density at radius 2 is 1.77 bits per heavy atom. The number of benzene rings is 2. The van der Waals surface area contributed by atoms with Crippen LogP contribution in [0.25, 0.3) is 22.2 Å². The third-order valence-corrected chi connectivity index (χ3v) is 6.17. The van der Waals surface area contributed by atoms with Crippen LogP contribution in [0, 0.1) is 0 Å². The number of aromatic nitrogens is 3. The van der Waals surface area contributed by atoms with E-state index in [0.717, 1.165) is 59.2 Å². The standard InChI is InChI=1S/C25H27N5O/c26-19-9-11-20(12-10-19)30-14-22(23-24(27)28-16-29-25(23)30)18-7-4-8-21(13-18)31-15-17-5-2-1-3-6-17/h1-8,13-14,16,19-20H,9-12,15,26H2,(H2,27,28,29). The number of hydrogen-bond acceptors (Lipinski definition) is 5. The molecule has 1 aliphatic rings. The molecule has 158 valence electrons. The molecule has 2 aromatic carbocycles. The molecule has 2 heterocycles. The fraction of sp³-hybridized carbons (Fsp3) is 0.280. The van der Waals surface area contributed by atoms with Gasteiger partial charge in [-0.05, 0) is 48.9 Å². The second-order valence-electron chi connectivity index (χ2n) is 8.28. The topological polar surface area (TPSA) is 92.0 Å². The maximum atomic E-state index is 6.32. The molecule has 0 bridgehead atoms. The van der Waals surface area contributed by atoms with E-state index in [-0.39, 0.29) is 0 Å². The summed E-state index contributed by atoms with van der Waals surface area (Å²) in [6.45, 7) is 0.527. The van der Waals surface area contributed by atoms with Crippen LogP contribution in [-0.4, -0.2) is 20.6 Å². The zero-order valence-electron chi connectivity index (χ0n) is 17.4. The summed E-state index contributed by atoms with van der Waals surface area (Å²) in [6, 6.07) is 19.0. The van der Waals surface area contributed by atoms with Crippen molar-refractivity contribution in [3.05, 3.63) is 72.7 Å². The van der Waals surface area contributed by atoms with Gasteiger partial charge in [-0.3, -0.25) is 0 Å². The summed E-state index contributed by atoms with van der Waals surface area (Å²) in [5.74, 6) is 1.32. The number of nitrogen functional groups attached to an aromatic ring is 1. The molecule has 1 saturated carbocycles. The average Bonchev–Trinajstić information content (AvgIpc) is 3.20. The van der Waals surface area contributed by atoms with Gasteiger partial charge in [0.15, 0.2) is 0 Å². The molecule has 6 nitrogen and oxygen atoms in total. The molecular formula is C25H27N5O. The van der Waals surface area contributed by atoms with E-state index in [1.165, 1.54) is 0 Å². The van der Waals surface area contributed by atoms with Crippen LogP contribution in [0.2, 0.25) is 0 Å². The Morgan fingerprint density at radius 3 is 2.58 bits per heavy atom. The van der Waals surface area contributed by atoms with Gasteiger partial charge >= 0.3 is 0 Å². The maximum absolute atomic E-state index is 6.32. The number of rotatable bonds is 5. The predicted octanol–water partition coefficient (Wildman–Crippen LogP) is 4.70. The number of fused-ring (bicyclic) bond motifs is 1. The molecule has 0 amide bonds. The van der Waals surface area contributed by atoms with Crippen molar-refractivity contribution in [3.63, 3.8) is 0 Å². The maximum Gasteiger partial charge on any atom is 0.146 e. The highest BCUT2D eigenvalue weighted by atomic mass is 16.5. The second kappa shape index (κ2) is 8.40. The predicted molar refractivity (Wildman–Crippen MR) is 124 cm³/mol. The first-order valence-electron chi connectivity index (χ1n) is 10.8. The first-order chi connectivity index (χ1) is 15.2. The highest BCUT2D eigenvalue weighted by Crippen LogP contribution is 2.38. The lowest BCUT2D eigenvalue weighted by Gasteiger charge is -2.27. The highest BCUT2D eigenvalue weighted by molar-refractivity contribution is 6.00. The molecule has 0 spiro atoms. The summed E-state index contributed by atoms with van der Waals surface area (Å²) < 4.78 is 8.32. The zero-order valence-corrected chi connectivity index (χ0v) is 17.4. The van der Waals surface area contributed by atoms with E-state index in [2.05, 4.69) is 45.0 Å². The summed E-state index contributed by atoms with van der Waals surface area (Å²) in [7, 11) is 0. The van der Waals surface area contributed by atoms with Crippen LogP contribution in [0.5, 0.6) is 5.75 Å². The smallest absolute Gasteiger partial charge is 0.146 e. The number of nitrogens with zero attached hydrogens (tertiary/aromatic N) is 3. The van der Waals surface area contributed by atoms with Gasteiger partial charge in [-0.2, -0.15) is 0 Å². The Morgan fingerprint density at radius 1 is 0.968 bits per heavy atom. The minimum atomic E-state index is 0.302. The fourth-order valence-electron chi connectivity index (χ4n) is 4.48. The van der Waals surface area contributed by atoms with Crippen molar-refractivity contribution >= 4 is 16.9 Å². The molecule has 0 unspecified atom stereocenters. The van der Waals surface area contributed by atoms with Crippen LogP contribution in [0.3, 0.4) is 0 Å². The van der Waals surface area contributed by atoms with Crippen LogP contribution in [0.1, 0.15) is 37.3 Å². The quantitative estimate of drug-likeness (QED) is 0.495. The molecule has 0 aliphatic heterocycles. The van der Waals surface area contributed by atoms with Crippen molar-refractivity contribution in [2.45, 2.75) is 44.4 Å². The normalized spacial score (nSPS) is 18.9. The van der Waals surface area contributed by atoms with E-state index >= 15 is 0 Å². The van der Waals surface area contributed by atoms with Gasteiger partial charge in [-0.25, -0.2) is 9.97 Å². The van der Waals surface area contributed by atoms with E-state index in [9.17, 15) is 0 Å². The molecule has 5 rings (SSSR count). The SMILES string of the molecule is Nc1ncnc2c1c(-c1cccc(OCc3ccccc3)c1)cn2C1CCC(N)CC1. The molecule has 4 aromatic rings. The molecule has 31 heavy (non-hydrogen) atoms. The number of nitrogens with two attached hydrogens (primary N) is 2. The van der Waals surface area contributed by atoms with Gasteiger partial charge in [0.1, 0.15) is 30.1 Å². The van der Waals surface area contributed by atoms with Crippen LogP contribution in [-0.2, 0) is 6.61 Å². The molecule has 0 atom stereocenters. The largest absolute Gasteiger partial charge is 0.489 e. The summed E-state index contributed by atoms with van der Waals surface area (Å²) in [4.78, 5) is 8.85. The van der Waals surface area contributed by atoms with Crippen LogP contribution < -0.4 is 16.2 Å². The van der Waals surface area contributed by atoms with E-state index < -0.39 is 0 Å². The Hall–Kier alpha value is -3.38. The Labute approximate surface area is 181 Å². The molecular weight excluding hydrogens is 386 g/mol. The van der Waals surface area contributed by atoms with Gasteiger partial charge in [0.05, 0.1) is 5.39 Å². The summed E-state index contributed by atoms with van der Waals surface area (Å²) in [6.07, 6.45) is 7.88. The van der Waals surface area contributed by atoms with Crippen LogP contribution >= 0.6 is 0 Å². The Bertz CT molecular complexity index is 1180. The van der Waals surface area contributed by atoms with Crippen LogP contribution in [0.15, 0.2) is 67.1 Å². The van der Waals surface area contributed by atoms with Gasteiger partial charge < -0.3 is 20.8 Å². The summed E-state index contributed by atoms with van der Waals surface area (Å²) in [5.41, 5.74) is 16.5. The van der Waals surface area contributed by atoms with Gasteiger partial charge in [0.2, 0.25) is 0 Å². The Balaban J connectivity index is 1.50. The Kier molecular flexibility index (Phi) is 5.30. The highest BCUT2D eigenvalue weighted by Gasteiger charge is 2.24. The molecule has 1 aliphatic carbocycles.